The van der Waals surface area contributed by atoms with Gasteiger partial charge in [0.15, 0.2) is 0 Å². The molecule has 1 aromatic rings. The predicted octanol–water partition coefficient (Wildman–Crippen LogP) is 2.26. The second-order valence-electron chi connectivity index (χ2n) is 4.11. The average Bonchev–Trinajstić information content (AvgIpc) is 2.36. The van der Waals surface area contributed by atoms with Crippen LogP contribution in [-0.2, 0) is 9.53 Å². The van der Waals surface area contributed by atoms with Gasteiger partial charge in [0.05, 0.1) is 24.3 Å². The third-order valence-electron chi connectivity index (χ3n) is 2.64. The molecule has 96 valence electrons. The van der Waals surface area contributed by atoms with Crippen molar-refractivity contribution < 1.29 is 9.53 Å². The molecule has 4 nitrogen and oxygen atoms in total. The molecule has 0 spiro atoms. The molecule has 1 rings (SSSR count). The van der Waals surface area contributed by atoms with E-state index in [-0.39, 0.29) is 5.97 Å². The first-order valence-corrected chi connectivity index (χ1v) is 5.96. The highest BCUT2D eigenvalue weighted by Crippen LogP contribution is 2.20. The topological polar surface area (TPSA) is 53.3 Å². The number of hydrogen-bond acceptors (Lipinski definition) is 4. The van der Waals surface area contributed by atoms with Crippen LogP contribution in [0.4, 0.5) is 5.69 Å². The number of nitrogens with zero attached hydrogens (tertiary/aromatic N) is 2. The molecule has 0 heterocycles. The van der Waals surface area contributed by atoms with Crippen molar-refractivity contribution in [3.63, 3.8) is 0 Å². The first kappa shape index (κ1) is 14.0. The number of esters is 1. The zero-order valence-electron chi connectivity index (χ0n) is 11.1. The van der Waals surface area contributed by atoms with Crippen molar-refractivity contribution >= 4 is 11.7 Å². The summed E-state index contributed by atoms with van der Waals surface area (Å²) in [5, 5.41) is 9.09. The van der Waals surface area contributed by atoms with E-state index in [2.05, 4.69) is 6.07 Å². The molecule has 0 aliphatic rings. The summed E-state index contributed by atoms with van der Waals surface area (Å²) >= 11 is 0. The molecule has 1 aromatic carbocycles. The van der Waals surface area contributed by atoms with Crippen molar-refractivity contribution in [2.45, 2.75) is 20.3 Å². The number of carbonyl (C=O) groups excluding carboxylic acids is 1. The molecule has 0 saturated heterocycles. The van der Waals surface area contributed by atoms with Crippen LogP contribution in [0.15, 0.2) is 18.2 Å². The lowest BCUT2D eigenvalue weighted by Crippen LogP contribution is -2.22. The molecule has 4 heteroatoms. The quantitative estimate of drug-likeness (QED) is 0.748. The number of rotatable bonds is 5. The minimum Gasteiger partial charge on any atom is -0.466 e. The molecule has 18 heavy (non-hydrogen) atoms. The first-order chi connectivity index (χ1) is 8.58. The van der Waals surface area contributed by atoms with E-state index in [4.69, 9.17) is 10.00 Å². The van der Waals surface area contributed by atoms with E-state index < -0.39 is 0 Å². The number of aryl methyl sites for hydroxylation is 1. The summed E-state index contributed by atoms with van der Waals surface area (Å²) in [5.74, 6) is -0.213. The number of anilines is 1. The SMILES string of the molecule is CCOC(=O)CCN(C)c1ccc(C)cc1C#N. The first-order valence-electron chi connectivity index (χ1n) is 5.96. The third kappa shape index (κ3) is 3.77. The van der Waals surface area contributed by atoms with Gasteiger partial charge < -0.3 is 9.64 Å². The summed E-state index contributed by atoms with van der Waals surface area (Å²) in [6.45, 7) is 4.67. The Morgan fingerprint density at radius 3 is 2.83 bits per heavy atom. The molecule has 0 amide bonds. The maximum atomic E-state index is 11.3. The molecular weight excluding hydrogens is 228 g/mol. The van der Waals surface area contributed by atoms with Gasteiger partial charge >= 0.3 is 5.97 Å². The maximum Gasteiger partial charge on any atom is 0.307 e. The van der Waals surface area contributed by atoms with Gasteiger partial charge in [0.25, 0.3) is 0 Å². The molecular formula is C14H18N2O2. The van der Waals surface area contributed by atoms with E-state index in [0.29, 0.717) is 25.1 Å². The molecule has 0 N–H and O–H groups in total. The highest BCUT2D eigenvalue weighted by Gasteiger charge is 2.09. The Morgan fingerprint density at radius 1 is 1.50 bits per heavy atom. The summed E-state index contributed by atoms with van der Waals surface area (Å²) in [6, 6.07) is 7.87. The second kappa shape index (κ2) is 6.65. The zero-order valence-corrected chi connectivity index (χ0v) is 11.1. The minimum atomic E-state index is -0.213. The molecule has 0 atom stereocenters. The van der Waals surface area contributed by atoms with Gasteiger partial charge in [-0.15, -0.1) is 0 Å². The highest BCUT2D eigenvalue weighted by atomic mass is 16.5. The van der Waals surface area contributed by atoms with Crippen LogP contribution in [0.2, 0.25) is 0 Å². The van der Waals surface area contributed by atoms with Gasteiger partial charge in [-0.1, -0.05) is 6.07 Å². The lowest BCUT2D eigenvalue weighted by atomic mass is 10.1. The maximum absolute atomic E-state index is 11.3. The van der Waals surface area contributed by atoms with Gasteiger partial charge in [0.2, 0.25) is 0 Å². The fourth-order valence-corrected chi connectivity index (χ4v) is 1.68. The Labute approximate surface area is 108 Å². The number of carbonyl (C=O) groups is 1. The number of benzene rings is 1. The molecule has 0 aliphatic heterocycles. The molecule has 0 bridgehead atoms. The van der Waals surface area contributed by atoms with Gasteiger partial charge in [0, 0.05) is 13.6 Å². The van der Waals surface area contributed by atoms with Crippen molar-refractivity contribution in [1.82, 2.24) is 0 Å². The molecule has 0 radical (unpaired) electrons. The van der Waals surface area contributed by atoms with Gasteiger partial charge in [0.1, 0.15) is 6.07 Å². The number of ether oxygens (including phenoxy) is 1. The van der Waals surface area contributed by atoms with Crippen LogP contribution in [-0.4, -0.2) is 26.2 Å². The monoisotopic (exact) mass is 246 g/mol. The Balaban J connectivity index is 2.70. The minimum absolute atomic E-state index is 0.213. The molecule has 0 saturated carbocycles. The van der Waals surface area contributed by atoms with Crippen molar-refractivity contribution in [1.29, 1.82) is 5.26 Å². The Hall–Kier alpha value is -2.02. The van der Waals surface area contributed by atoms with Gasteiger partial charge in [-0.25, -0.2) is 0 Å². The van der Waals surface area contributed by atoms with E-state index >= 15 is 0 Å². The van der Waals surface area contributed by atoms with Crippen molar-refractivity contribution in [2.24, 2.45) is 0 Å². The molecule has 0 aromatic heterocycles. The fraction of sp³-hybridized carbons (Fsp3) is 0.429. The Morgan fingerprint density at radius 2 is 2.22 bits per heavy atom. The van der Waals surface area contributed by atoms with Crippen molar-refractivity contribution in [3.05, 3.63) is 29.3 Å². The van der Waals surface area contributed by atoms with Crippen molar-refractivity contribution in [3.8, 4) is 6.07 Å². The number of hydrogen-bond donors (Lipinski definition) is 0. The smallest absolute Gasteiger partial charge is 0.307 e. The van der Waals surface area contributed by atoms with Gasteiger partial charge in [-0.3, -0.25) is 4.79 Å². The zero-order chi connectivity index (χ0) is 13.5. The lowest BCUT2D eigenvalue weighted by molar-refractivity contribution is -0.142. The summed E-state index contributed by atoms with van der Waals surface area (Å²) in [4.78, 5) is 13.2. The van der Waals surface area contributed by atoms with Crippen LogP contribution in [0.5, 0.6) is 0 Å². The normalized spacial score (nSPS) is 9.67. The number of nitriles is 1. The van der Waals surface area contributed by atoms with Crippen LogP contribution in [0, 0.1) is 18.3 Å². The Bertz CT molecular complexity index is 463. The van der Waals surface area contributed by atoms with Gasteiger partial charge in [-0.2, -0.15) is 5.26 Å². The molecule has 0 aliphatic carbocycles. The summed E-state index contributed by atoms with van der Waals surface area (Å²) < 4.78 is 4.87. The van der Waals surface area contributed by atoms with Crippen LogP contribution in [0.3, 0.4) is 0 Å². The van der Waals surface area contributed by atoms with E-state index in [0.717, 1.165) is 11.3 Å². The van der Waals surface area contributed by atoms with Gasteiger partial charge in [-0.05, 0) is 31.5 Å². The molecule has 0 unspecified atom stereocenters. The van der Waals surface area contributed by atoms with E-state index in [1.54, 1.807) is 6.92 Å². The Kier molecular flexibility index (Phi) is 5.19. The van der Waals surface area contributed by atoms with Crippen LogP contribution >= 0.6 is 0 Å². The highest BCUT2D eigenvalue weighted by molar-refractivity contribution is 5.70. The summed E-state index contributed by atoms with van der Waals surface area (Å²) in [5.41, 5.74) is 2.52. The lowest BCUT2D eigenvalue weighted by Gasteiger charge is -2.20. The van der Waals surface area contributed by atoms with E-state index in [1.807, 2.05) is 37.1 Å². The predicted molar refractivity (Wildman–Crippen MR) is 70.4 cm³/mol. The largest absolute Gasteiger partial charge is 0.466 e. The third-order valence-corrected chi connectivity index (χ3v) is 2.64. The van der Waals surface area contributed by atoms with Crippen LogP contribution in [0.25, 0.3) is 0 Å². The standard InChI is InChI=1S/C14H18N2O2/c1-4-18-14(17)7-8-16(3)13-6-5-11(2)9-12(13)10-15/h5-6,9H,4,7-8H2,1-3H3. The van der Waals surface area contributed by atoms with E-state index in [9.17, 15) is 4.79 Å². The summed E-state index contributed by atoms with van der Waals surface area (Å²) in [7, 11) is 1.87. The second-order valence-corrected chi connectivity index (χ2v) is 4.11. The van der Waals surface area contributed by atoms with E-state index in [1.165, 1.54) is 0 Å². The van der Waals surface area contributed by atoms with Crippen molar-refractivity contribution in [2.75, 3.05) is 25.1 Å². The van der Waals surface area contributed by atoms with Crippen LogP contribution in [0.1, 0.15) is 24.5 Å². The van der Waals surface area contributed by atoms with Crippen LogP contribution < -0.4 is 4.90 Å². The molecule has 0 fully saturated rings. The summed E-state index contributed by atoms with van der Waals surface area (Å²) in [6.07, 6.45) is 0.323. The fourth-order valence-electron chi connectivity index (χ4n) is 1.68. The average molecular weight is 246 g/mol.